The van der Waals surface area contributed by atoms with Gasteiger partial charge in [0.2, 0.25) is 5.95 Å². The number of nitrogens with zero attached hydrogens (tertiary/aromatic N) is 2. The highest BCUT2D eigenvalue weighted by atomic mass is 35.5. The van der Waals surface area contributed by atoms with E-state index in [0.717, 1.165) is 30.0 Å². The lowest BCUT2D eigenvalue weighted by Crippen LogP contribution is -2.09. The molecule has 0 aliphatic rings. The van der Waals surface area contributed by atoms with Gasteiger partial charge in [0.1, 0.15) is 5.82 Å². The largest absolute Gasteiger partial charge is 0.370 e. The Labute approximate surface area is 128 Å². The standard InChI is InChI=1S/C14H16Cl2N4/c1-9-7-13(20-14(17-2)19-9)18-6-5-10-3-4-11(15)8-12(10)16/h3-4,7-8H,5-6H2,1-2H3,(H2,17,18,19,20). The van der Waals surface area contributed by atoms with E-state index in [1.54, 1.807) is 13.1 Å². The number of hydrogen-bond acceptors (Lipinski definition) is 4. The van der Waals surface area contributed by atoms with Gasteiger partial charge in [0.25, 0.3) is 0 Å². The number of rotatable bonds is 5. The smallest absolute Gasteiger partial charge is 0.224 e. The van der Waals surface area contributed by atoms with E-state index >= 15 is 0 Å². The Kier molecular flexibility index (Phi) is 5.04. The molecule has 0 radical (unpaired) electrons. The van der Waals surface area contributed by atoms with Crippen LogP contribution in [0.2, 0.25) is 10.0 Å². The molecule has 4 nitrogen and oxygen atoms in total. The van der Waals surface area contributed by atoms with Crippen molar-refractivity contribution in [2.75, 3.05) is 24.2 Å². The summed E-state index contributed by atoms with van der Waals surface area (Å²) in [7, 11) is 1.80. The summed E-state index contributed by atoms with van der Waals surface area (Å²) in [6.07, 6.45) is 0.800. The molecule has 0 aliphatic carbocycles. The predicted molar refractivity (Wildman–Crippen MR) is 85.0 cm³/mol. The zero-order valence-electron chi connectivity index (χ0n) is 11.4. The summed E-state index contributed by atoms with van der Waals surface area (Å²) in [5, 5.41) is 7.54. The fraction of sp³-hybridized carbons (Fsp3) is 0.286. The second-order valence-electron chi connectivity index (χ2n) is 4.38. The van der Waals surface area contributed by atoms with Gasteiger partial charge in [0, 0.05) is 35.4 Å². The molecule has 0 unspecified atom stereocenters. The third kappa shape index (κ3) is 3.99. The molecule has 6 heteroatoms. The van der Waals surface area contributed by atoms with Gasteiger partial charge in [-0.25, -0.2) is 4.98 Å². The molecule has 2 rings (SSSR count). The van der Waals surface area contributed by atoms with E-state index in [-0.39, 0.29) is 0 Å². The number of aryl methyl sites for hydroxylation is 1. The van der Waals surface area contributed by atoms with Crippen molar-refractivity contribution in [3.8, 4) is 0 Å². The van der Waals surface area contributed by atoms with E-state index in [1.165, 1.54) is 0 Å². The first kappa shape index (κ1) is 14.9. The molecule has 0 amide bonds. The lowest BCUT2D eigenvalue weighted by atomic mass is 10.1. The summed E-state index contributed by atoms with van der Waals surface area (Å²) in [5.74, 6) is 1.41. The quantitative estimate of drug-likeness (QED) is 0.882. The van der Waals surface area contributed by atoms with Crippen LogP contribution in [0.3, 0.4) is 0 Å². The summed E-state index contributed by atoms with van der Waals surface area (Å²) in [5.41, 5.74) is 1.97. The van der Waals surface area contributed by atoms with Crippen molar-refractivity contribution in [2.45, 2.75) is 13.3 Å². The lowest BCUT2D eigenvalue weighted by molar-refractivity contribution is 0.993. The molecular formula is C14H16Cl2N4. The Morgan fingerprint density at radius 1 is 1.15 bits per heavy atom. The highest BCUT2D eigenvalue weighted by molar-refractivity contribution is 6.35. The van der Waals surface area contributed by atoms with E-state index in [4.69, 9.17) is 23.2 Å². The van der Waals surface area contributed by atoms with Crippen molar-refractivity contribution >= 4 is 35.0 Å². The number of nitrogens with one attached hydrogen (secondary N) is 2. The fourth-order valence-corrected chi connectivity index (χ4v) is 2.32. The number of halogens is 2. The van der Waals surface area contributed by atoms with Crippen molar-refractivity contribution < 1.29 is 0 Å². The molecule has 0 aliphatic heterocycles. The zero-order chi connectivity index (χ0) is 14.5. The van der Waals surface area contributed by atoms with Crippen LogP contribution < -0.4 is 10.6 Å². The minimum absolute atomic E-state index is 0.608. The van der Waals surface area contributed by atoms with Gasteiger partial charge in [-0.1, -0.05) is 29.3 Å². The zero-order valence-corrected chi connectivity index (χ0v) is 12.9. The van der Waals surface area contributed by atoms with Crippen LogP contribution in [0.4, 0.5) is 11.8 Å². The highest BCUT2D eigenvalue weighted by Gasteiger charge is 2.03. The molecular weight excluding hydrogens is 295 g/mol. The maximum absolute atomic E-state index is 6.14. The van der Waals surface area contributed by atoms with Crippen molar-refractivity contribution in [3.05, 3.63) is 45.6 Å². The van der Waals surface area contributed by atoms with Gasteiger partial charge in [-0.2, -0.15) is 4.98 Å². The van der Waals surface area contributed by atoms with Crippen LogP contribution in [0.5, 0.6) is 0 Å². The third-order valence-electron chi connectivity index (χ3n) is 2.79. The first-order chi connectivity index (χ1) is 9.58. The van der Waals surface area contributed by atoms with Gasteiger partial charge >= 0.3 is 0 Å². The number of hydrogen-bond donors (Lipinski definition) is 2. The second-order valence-corrected chi connectivity index (χ2v) is 5.22. The summed E-state index contributed by atoms with van der Waals surface area (Å²) in [6, 6.07) is 7.45. The van der Waals surface area contributed by atoms with Crippen LogP contribution in [-0.2, 0) is 6.42 Å². The van der Waals surface area contributed by atoms with E-state index in [9.17, 15) is 0 Å². The summed E-state index contributed by atoms with van der Waals surface area (Å²) in [4.78, 5) is 8.58. The summed E-state index contributed by atoms with van der Waals surface area (Å²) in [6.45, 7) is 2.67. The Hall–Kier alpha value is -1.52. The van der Waals surface area contributed by atoms with Gasteiger partial charge in [0.05, 0.1) is 0 Å². The summed E-state index contributed by atoms with van der Waals surface area (Å²) < 4.78 is 0. The van der Waals surface area contributed by atoms with Gasteiger partial charge in [-0.15, -0.1) is 0 Å². The molecule has 0 bridgehead atoms. The lowest BCUT2D eigenvalue weighted by Gasteiger charge is -2.09. The molecule has 2 N–H and O–H groups in total. The van der Waals surface area contributed by atoms with Crippen LogP contribution in [0, 0.1) is 6.92 Å². The monoisotopic (exact) mass is 310 g/mol. The van der Waals surface area contributed by atoms with Crippen LogP contribution in [-0.4, -0.2) is 23.6 Å². The first-order valence-electron chi connectivity index (χ1n) is 6.29. The van der Waals surface area contributed by atoms with Gasteiger partial charge < -0.3 is 10.6 Å². The second kappa shape index (κ2) is 6.77. The molecule has 106 valence electrons. The molecule has 20 heavy (non-hydrogen) atoms. The van der Waals surface area contributed by atoms with E-state index in [0.29, 0.717) is 16.0 Å². The van der Waals surface area contributed by atoms with Crippen LogP contribution in [0.15, 0.2) is 24.3 Å². The molecule has 0 fully saturated rings. The summed E-state index contributed by atoms with van der Waals surface area (Å²) >= 11 is 12.0. The first-order valence-corrected chi connectivity index (χ1v) is 7.05. The Bertz CT molecular complexity index is 602. The molecule has 0 spiro atoms. The van der Waals surface area contributed by atoms with Crippen LogP contribution >= 0.6 is 23.2 Å². The van der Waals surface area contributed by atoms with E-state index in [2.05, 4.69) is 20.6 Å². The van der Waals surface area contributed by atoms with Crippen molar-refractivity contribution in [2.24, 2.45) is 0 Å². The van der Waals surface area contributed by atoms with Gasteiger partial charge in [0.15, 0.2) is 0 Å². The number of anilines is 2. The number of benzene rings is 1. The SMILES string of the molecule is CNc1nc(C)cc(NCCc2ccc(Cl)cc2Cl)n1. The average molecular weight is 311 g/mol. The topological polar surface area (TPSA) is 49.8 Å². The molecule has 1 aromatic heterocycles. The number of aromatic nitrogens is 2. The molecule has 0 saturated heterocycles. The van der Waals surface area contributed by atoms with E-state index in [1.807, 2.05) is 25.1 Å². The Morgan fingerprint density at radius 3 is 2.65 bits per heavy atom. The minimum Gasteiger partial charge on any atom is -0.370 e. The predicted octanol–water partition coefficient (Wildman–Crippen LogP) is 3.79. The molecule has 0 atom stereocenters. The highest BCUT2D eigenvalue weighted by Crippen LogP contribution is 2.21. The van der Waals surface area contributed by atoms with Crippen LogP contribution in [0.1, 0.15) is 11.3 Å². The van der Waals surface area contributed by atoms with Crippen LogP contribution in [0.25, 0.3) is 0 Å². The van der Waals surface area contributed by atoms with Crippen molar-refractivity contribution in [1.29, 1.82) is 0 Å². The fourth-order valence-electron chi connectivity index (χ4n) is 1.82. The molecule has 1 aromatic carbocycles. The molecule has 0 saturated carbocycles. The van der Waals surface area contributed by atoms with Crippen molar-refractivity contribution in [1.82, 2.24) is 9.97 Å². The van der Waals surface area contributed by atoms with Gasteiger partial charge in [-0.05, 0) is 31.0 Å². The third-order valence-corrected chi connectivity index (χ3v) is 3.38. The normalized spacial score (nSPS) is 10.4. The van der Waals surface area contributed by atoms with E-state index < -0.39 is 0 Å². The van der Waals surface area contributed by atoms with Crippen molar-refractivity contribution in [3.63, 3.8) is 0 Å². The maximum atomic E-state index is 6.14. The van der Waals surface area contributed by atoms with Gasteiger partial charge in [-0.3, -0.25) is 0 Å². The molecule has 2 aromatic rings. The Morgan fingerprint density at radius 2 is 1.95 bits per heavy atom. The molecule has 1 heterocycles. The minimum atomic E-state index is 0.608. The average Bonchev–Trinajstić information content (AvgIpc) is 2.40. The maximum Gasteiger partial charge on any atom is 0.224 e. The Balaban J connectivity index is 1.97.